The van der Waals surface area contributed by atoms with Gasteiger partial charge in [-0.25, -0.2) is 0 Å². The first-order chi connectivity index (χ1) is 8.74. The van der Waals surface area contributed by atoms with Gasteiger partial charge >= 0.3 is 0 Å². The van der Waals surface area contributed by atoms with Crippen LogP contribution in [0.15, 0.2) is 24.3 Å². The van der Waals surface area contributed by atoms with Crippen LogP contribution in [0.2, 0.25) is 5.02 Å². The molecule has 2 rings (SSSR count). The lowest BCUT2D eigenvalue weighted by atomic mass is 9.83. The highest BCUT2D eigenvalue weighted by Crippen LogP contribution is 2.36. The maximum absolute atomic E-state index is 5.94. The van der Waals surface area contributed by atoms with E-state index in [0.717, 1.165) is 23.1 Å². The second kappa shape index (κ2) is 6.72. The second-order valence-corrected chi connectivity index (χ2v) is 6.07. The third-order valence-electron chi connectivity index (χ3n) is 3.86. The summed E-state index contributed by atoms with van der Waals surface area (Å²) in [6.45, 7) is 0.776. The van der Waals surface area contributed by atoms with Crippen molar-refractivity contribution in [3.63, 3.8) is 0 Å². The number of hydrogen-bond acceptors (Lipinski definition) is 2. The smallest absolute Gasteiger partial charge is 0.119 e. The van der Waals surface area contributed by atoms with Crippen LogP contribution >= 0.6 is 24.2 Å². The van der Waals surface area contributed by atoms with E-state index in [1.165, 1.54) is 38.5 Å². The van der Waals surface area contributed by atoms with Gasteiger partial charge in [-0.2, -0.15) is 12.6 Å². The minimum Gasteiger partial charge on any atom is -0.493 e. The summed E-state index contributed by atoms with van der Waals surface area (Å²) in [6, 6.07) is 7.62. The summed E-state index contributed by atoms with van der Waals surface area (Å²) in [5, 5.41) is 0.751. The van der Waals surface area contributed by atoms with E-state index in [0.29, 0.717) is 0 Å². The van der Waals surface area contributed by atoms with E-state index in [1.54, 1.807) is 0 Å². The molecule has 1 fully saturated rings. The van der Waals surface area contributed by atoms with Gasteiger partial charge < -0.3 is 4.74 Å². The predicted molar refractivity (Wildman–Crippen MR) is 80.9 cm³/mol. The first-order valence-electron chi connectivity index (χ1n) is 6.73. The van der Waals surface area contributed by atoms with Crippen molar-refractivity contribution in [3.8, 4) is 5.75 Å². The van der Waals surface area contributed by atoms with Gasteiger partial charge in [0.05, 0.1) is 6.61 Å². The Hall–Kier alpha value is -0.340. The average molecular weight is 285 g/mol. The zero-order valence-electron chi connectivity index (χ0n) is 10.7. The largest absolute Gasteiger partial charge is 0.493 e. The highest BCUT2D eigenvalue weighted by molar-refractivity contribution is 7.80. The van der Waals surface area contributed by atoms with E-state index in [1.807, 2.05) is 24.3 Å². The third kappa shape index (κ3) is 3.83. The molecule has 1 aromatic rings. The molecule has 1 aliphatic rings. The fraction of sp³-hybridized carbons (Fsp3) is 0.600. The Morgan fingerprint density at radius 2 is 1.67 bits per heavy atom. The predicted octanol–water partition coefficient (Wildman–Crippen LogP) is 4.99. The number of thiol groups is 1. The lowest BCUT2D eigenvalue weighted by Gasteiger charge is -2.30. The van der Waals surface area contributed by atoms with Crippen molar-refractivity contribution < 1.29 is 4.74 Å². The van der Waals surface area contributed by atoms with Crippen molar-refractivity contribution >= 4 is 24.2 Å². The lowest BCUT2D eigenvalue weighted by molar-refractivity contribution is 0.148. The maximum atomic E-state index is 5.94. The van der Waals surface area contributed by atoms with Crippen molar-refractivity contribution in [2.45, 2.75) is 38.5 Å². The monoisotopic (exact) mass is 284 g/mol. The Kier molecular flexibility index (Phi) is 5.25. The molecule has 0 atom stereocenters. The summed E-state index contributed by atoms with van der Waals surface area (Å²) in [6.07, 6.45) is 7.82. The molecule has 1 saturated carbocycles. The van der Waals surface area contributed by atoms with Crippen molar-refractivity contribution in [1.29, 1.82) is 0 Å². The molecule has 0 aliphatic heterocycles. The lowest BCUT2D eigenvalue weighted by Crippen LogP contribution is -2.30. The first kappa shape index (κ1) is 14.1. The minimum absolute atomic E-state index is 0.263. The van der Waals surface area contributed by atoms with E-state index in [9.17, 15) is 0 Å². The Morgan fingerprint density at radius 3 is 2.22 bits per heavy atom. The Bertz CT molecular complexity index is 355. The molecule has 3 heteroatoms. The van der Waals surface area contributed by atoms with Crippen LogP contribution in [0.25, 0.3) is 0 Å². The van der Waals surface area contributed by atoms with Gasteiger partial charge in [-0.05, 0) is 42.9 Å². The zero-order valence-corrected chi connectivity index (χ0v) is 12.4. The van der Waals surface area contributed by atoms with Crippen LogP contribution in [0, 0.1) is 5.41 Å². The normalized spacial score (nSPS) is 19.2. The average Bonchev–Trinajstić information content (AvgIpc) is 2.64. The van der Waals surface area contributed by atoms with Crippen LogP contribution in [0.5, 0.6) is 5.75 Å². The molecular formula is C15H21ClOS. The molecule has 0 unspecified atom stereocenters. The molecule has 0 saturated heterocycles. The van der Waals surface area contributed by atoms with Crippen molar-refractivity contribution in [1.82, 2.24) is 0 Å². The van der Waals surface area contributed by atoms with Gasteiger partial charge in [0.15, 0.2) is 0 Å². The second-order valence-electron chi connectivity index (χ2n) is 5.31. The Labute approximate surface area is 120 Å². The molecule has 100 valence electrons. The molecule has 0 radical (unpaired) electrons. The zero-order chi connectivity index (χ0) is 12.8. The SMILES string of the molecule is SCC1(COc2ccc(Cl)cc2)CCCCCC1. The van der Waals surface area contributed by atoms with E-state index in [-0.39, 0.29) is 5.41 Å². The van der Waals surface area contributed by atoms with Crippen molar-refractivity contribution in [2.75, 3.05) is 12.4 Å². The van der Waals surface area contributed by atoms with Gasteiger partial charge in [-0.1, -0.05) is 37.3 Å². The number of rotatable bonds is 4. The van der Waals surface area contributed by atoms with Gasteiger partial charge in [0.1, 0.15) is 5.75 Å². The van der Waals surface area contributed by atoms with Gasteiger partial charge in [0.25, 0.3) is 0 Å². The molecule has 0 bridgehead atoms. The molecule has 0 amide bonds. The fourth-order valence-electron chi connectivity index (χ4n) is 2.59. The van der Waals surface area contributed by atoms with E-state index < -0.39 is 0 Å². The third-order valence-corrected chi connectivity index (χ3v) is 4.78. The minimum atomic E-state index is 0.263. The summed E-state index contributed by atoms with van der Waals surface area (Å²) in [4.78, 5) is 0. The Balaban J connectivity index is 1.95. The maximum Gasteiger partial charge on any atom is 0.119 e. The molecule has 0 N–H and O–H groups in total. The fourth-order valence-corrected chi connectivity index (χ4v) is 3.13. The van der Waals surface area contributed by atoms with Crippen LogP contribution in [0.4, 0.5) is 0 Å². The first-order valence-corrected chi connectivity index (χ1v) is 7.74. The summed E-state index contributed by atoms with van der Waals surface area (Å²) in [5.41, 5.74) is 0.263. The molecule has 1 nitrogen and oxygen atoms in total. The standard InChI is InChI=1S/C15H21ClOS/c16-13-5-7-14(8-6-13)17-11-15(12-18)9-3-1-2-4-10-15/h5-8,18H,1-4,9-12H2. The molecule has 1 aromatic carbocycles. The highest BCUT2D eigenvalue weighted by atomic mass is 35.5. The van der Waals surface area contributed by atoms with E-state index >= 15 is 0 Å². The summed E-state index contributed by atoms with van der Waals surface area (Å²) < 4.78 is 5.94. The molecule has 1 aliphatic carbocycles. The van der Waals surface area contributed by atoms with Crippen LogP contribution in [-0.4, -0.2) is 12.4 Å². The van der Waals surface area contributed by atoms with E-state index in [2.05, 4.69) is 12.6 Å². The molecule has 0 aromatic heterocycles. The summed E-state index contributed by atoms with van der Waals surface area (Å²) >= 11 is 10.4. The summed E-state index contributed by atoms with van der Waals surface area (Å²) in [5.74, 6) is 1.82. The van der Waals surface area contributed by atoms with Crippen LogP contribution in [-0.2, 0) is 0 Å². The number of ether oxygens (including phenoxy) is 1. The molecular weight excluding hydrogens is 264 g/mol. The van der Waals surface area contributed by atoms with Crippen LogP contribution in [0.1, 0.15) is 38.5 Å². The van der Waals surface area contributed by atoms with Crippen molar-refractivity contribution in [2.24, 2.45) is 5.41 Å². The van der Waals surface area contributed by atoms with E-state index in [4.69, 9.17) is 16.3 Å². The molecule has 0 heterocycles. The van der Waals surface area contributed by atoms with Crippen molar-refractivity contribution in [3.05, 3.63) is 29.3 Å². The number of hydrogen-bond donors (Lipinski definition) is 1. The topological polar surface area (TPSA) is 9.23 Å². The molecule has 0 spiro atoms. The summed E-state index contributed by atoms with van der Waals surface area (Å²) in [7, 11) is 0. The Morgan fingerprint density at radius 1 is 1.06 bits per heavy atom. The van der Waals surface area contributed by atoms with Gasteiger partial charge in [-0.3, -0.25) is 0 Å². The van der Waals surface area contributed by atoms with Gasteiger partial charge in [0, 0.05) is 10.4 Å². The number of benzene rings is 1. The molecule has 18 heavy (non-hydrogen) atoms. The quantitative estimate of drug-likeness (QED) is 0.605. The number of halogens is 1. The van der Waals surface area contributed by atoms with Crippen LogP contribution < -0.4 is 4.74 Å². The highest BCUT2D eigenvalue weighted by Gasteiger charge is 2.30. The van der Waals surface area contributed by atoms with Gasteiger partial charge in [0.2, 0.25) is 0 Å². The van der Waals surface area contributed by atoms with Gasteiger partial charge in [-0.15, -0.1) is 0 Å². The van der Waals surface area contributed by atoms with Crippen LogP contribution in [0.3, 0.4) is 0 Å².